The molecule has 1 unspecified atom stereocenters. The molecule has 1 aliphatic heterocycles. The van der Waals surface area contributed by atoms with Crippen molar-refractivity contribution in [3.63, 3.8) is 0 Å². The lowest BCUT2D eigenvalue weighted by molar-refractivity contribution is -0.198. The molecule has 1 N–H and O–H groups in total. The van der Waals surface area contributed by atoms with Crippen molar-refractivity contribution in [3.05, 3.63) is 12.2 Å². The molecule has 5 atom stereocenters. The van der Waals surface area contributed by atoms with Crippen molar-refractivity contribution in [1.29, 1.82) is 0 Å². The lowest BCUT2D eigenvalue weighted by atomic mass is 9.91. The molecule has 196 valence electrons. The molecule has 1 heterocycles. The second-order valence-electron chi connectivity index (χ2n) is 11.2. The van der Waals surface area contributed by atoms with Crippen LogP contribution < -0.4 is 0 Å². The highest BCUT2D eigenvalue weighted by Gasteiger charge is 2.48. The van der Waals surface area contributed by atoms with Gasteiger partial charge in [0.1, 0.15) is 6.10 Å². The average molecular weight is 499 g/mol. The Kier molecular flexibility index (Phi) is 11.3. The zero-order chi connectivity index (χ0) is 25.4. The van der Waals surface area contributed by atoms with Crippen LogP contribution in [0.2, 0.25) is 18.1 Å². The molecule has 0 amide bonds. The van der Waals surface area contributed by atoms with Crippen molar-refractivity contribution in [2.24, 2.45) is 11.8 Å². The summed E-state index contributed by atoms with van der Waals surface area (Å²) >= 11 is 0. The van der Waals surface area contributed by atoms with E-state index >= 15 is 0 Å². The second-order valence-corrected chi connectivity index (χ2v) is 16.1. The van der Waals surface area contributed by atoms with Crippen LogP contribution >= 0.6 is 0 Å². The molecule has 0 aromatic rings. The number of allylic oxidation sites excluding steroid dienone is 2. The SMILES string of the molecule is CC(=O)O[C@H]1C[C@@H](OC2CCCCO2)[C@H](CO[Si](C)(C)C(C)(C)C)[C@H]1C/C=C\CCCC(=O)O. The molecule has 0 bridgehead atoms. The van der Waals surface area contributed by atoms with Crippen LogP contribution in [0.25, 0.3) is 0 Å². The molecule has 34 heavy (non-hydrogen) atoms. The van der Waals surface area contributed by atoms with E-state index in [-0.39, 0.29) is 47.8 Å². The van der Waals surface area contributed by atoms with Gasteiger partial charge in [0.25, 0.3) is 0 Å². The van der Waals surface area contributed by atoms with Gasteiger partial charge in [0.2, 0.25) is 0 Å². The predicted molar refractivity (Wildman–Crippen MR) is 134 cm³/mol. The van der Waals surface area contributed by atoms with Crippen LogP contribution in [0.15, 0.2) is 12.2 Å². The number of carbonyl (C=O) groups excluding carboxylic acids is 1. The number of ether oxygens (including phenoxy) is 3. The van der Waals surface area contributed by atoms with Gasteiger partial charge in [0.05, 0.1) is 6.10 Å². The van der Waals surface area contributed by atoms with Gasteiger partial charge in [0, 0.05) is 44.8 Å². The lowest BCUT2D eigenvalue weighted by Crippen LogP contribution is -2.44. The molecule has 8 heteroatoms. The number of rotatable bonds is 12. The molecule has 2 rings (SSSR count). The first-order valence-electron chi connectivity index (χ1n) is 12.9. The predicted octanol–water partition coefficient (Wildman–Crippen LogP) is 5.69. The quantitative estimate of drug-likeness (QED) is 0.160. The van der Waals surface area contributed by atoms with Crippen LogP contribution in [-0.2, 0) is 28.2 Å². The van der Waals surface area contributed by atoms with E-state index in [2.05, 4.69) is 39.9 Å². The summed E-state index contributed by atoms with van der Waals surface area (Å²) in [7, 11) is -1.97. The molecule has 1 aliphatic carbocycles. The number of hydrogen-bond acceptors (Lipinski definition) is 6. The van der Waals surface area contributed by atoms with Crippen molar-refractivity contribution in [1.82, 2.24) is 0 Å². The van der Waals surface area contributed by atoms with Crippen LogP contribution in [0.5, 0.6) is 0 Å². The van der Waals surface area contributed by atoms with Crippen LogP contribution in [0, 0.1) is 11.8 Å². The first-order valence-corrected chi connectivity index (χ1v) is 15.8. The molecule has 7 nitrogen and oxygen atoms in total. The number of carboxylic acid groups (broad SMARTS) is 1. The summed E-state index contributed by atoms with van der Waals surface area (Å²) < 4.78 is 24.7. The van der Waals surface area contributed by atoms with Gasteiger partial charge < -0.3 is 23.7 Å². The minimum atomic E-state index is -1.97. The van der Waals surface area contributed by atoms with Crippen molar-refractivity contribution >= 4 is 20.3 Å². The van der Waals surface area contributed by atoms with Crippen LogP contribution in [-0.4, -0.2) is 57.1 Å². The average Bonchev–Trinajstić information content (AvgIpc) is 3.03. The third kappa shape index (κ3) is 9.09. The van der Waals surface area contributed by atoms with Crippen LogP contribution in [0.3, 0.4) is 0 Å². The third-order valence-corrected chi connectivity index (χ3v) is 12.0. The molecule has 0 aromatic heterocycles. The van der Waals surface area contributed by atoms with Crippen molar-refractivity contribution in [2.45, 2.75) is 116 Å². The van der Waals surface area contributed by atoms with E-state index in [9.17, 15) is 9.59 Å². The van der Waals surface area contributed by atoms with Crippen LogP contribution in [0.1, 0.15) is 79.1 Å². The fourth-order valence-corrected chi connectivity index (χ4v) is 5.51. The monoisotopic (exact) mass is 498 g/mol. The minimum Gasteiger partial charge on any atom is -0.481 e. The van der Waals surface area contributed by atoms with Gasteiger partial charge >= 0.3 is 11.9 Å². The minimum absolute atomic E-state index is 0.0815. The highest BCUT2D eigenvalue weighted by Crippen LogP contribution is 2.43. The summed E-state index contributed by atoms with van der Waals surface area (Å²) in [6.45, 7) is 14.0. The Bertz CT molecular complexity index is 679. The first-order chi connectivity index (χ1) is 15.9. The van der Waals surface area contributed by atoms with Gasteiger partial charge in [0.15, 0.2) is 14.6 Å². The summed E-state index contributed by atoms with van der Waals surface area (Å²) in [5.74, 6) is -0.878. The Hall–Kier alpha value is -1.22. The van der Waals surface area contributed by atoms with E-state index in [4.69, 9.17) is 23.7 Å². The molecule has 0 radical (unpaired) electrons. The zero-order valence-electron chi connectivity index (χ0n) is 22.0. The topological polar surface area (TPSA) is 91.3 Å². The summed E-state index contributed by atoms with van der Waals surface area (Å²) in [6, 6.07) is 0. The van der Waals surface area contributed by atoms with Crippen molar-refractivity contribution in [3.8, 4) is 0 Å². The maximum Gasteiger partial charge on any atom is 0.303 e. The van der Waals surface area contributed by atoms with E-state index < -0.39 is 14.3 Å². The smallest absolute Gasteiger partial charge is 0.303 e. The maximum absolute atomic E-state index is 11.9. The van der Waals surface area contributed by atoms with E-state index in [0.717, 1.165) is 38.7 Å². The van der Waals surface area contributed by atoms with Crippen molar-refractivity contribution < 1.29 is 33.3 Å². The molecule has 2 fully saturated rings. The Morgan fingerprint density at radius 3 is 2.44 bits per heavy atom. The number of carboxylic acids is 1. The summed E-state index contributed by atoms with van der Waals surface area (Å²) in [5.41, 5.74) is 0. The fraction of sp³-hybridized carbons (Fsp3) is 0.846. The fourth-order valence-electron chi connectivity index (χ4n) is 4.47. The van der Waals surface area contributed by atoms with Gasteiger partial charge in [-0.3, -0.25) is 9.59 Å². The molecule has 1 saturated carbocycles. The number of esters is 1. The molecular formula is C26H46O7Si. The van der Waals surface area contributed by atoms with Gasteiger partial charge in [-0.05, 0) is 56.7 Å². The molecule has 0 aromatic carbocycles. The highest BCUT2D eigenvalue weighted by atomic mass is 28.4. The number of aliphatic carboxylic acids is 1. The Morgan fingerprint density at radius 2 is 1.85 bits per heavy atom. The third-order valence-electron chi connectivity index (χ3n) is 7.53. The van der Waals surface area contributed by atoms with E-state index in [0.29, 0.717) is 19.4 Å². The van der Waals surface area contributed by atoms with Crippen LogP contribution in [0.4, 0.5) is 0 Å². The first kappa shape index (κ1) is 29.0. The number of carbonyl (C=O) groups is 2. The number of hydrogen-bond donors (Lipinski definition) is 1. The van der Waals surface area contributed by atoms with Crippen molar-refractivity contribution in [2.75, 3.05) is 13.2 Å². The number of unbranched alkanes of at least 4 members (excludes halogenated alkanes) is 1. The maximum atomic E-state index is 11.9. The standard InChI is InChI=1S/C26H46O7Si/c1-19(27)32-22-17-23(33-25-15-11-12-16-30-25)21(18-31-34(5,6)26(2,3)4)20(22)13-9-7-8-10-14-24(28)29/h7,9,20-23,25H,8,10-18H2,1-6H3,(H,28,29)/b9-7-/t20-,21-,22+,23-,25?/m1/s1. The Balaban J connectivity index is 2.15. The Labute approximate surface area is 206 Å². The normalized spacial score (nSPS) is 28.4. The molecule has 1 saturated heterocycles. The van der Waals surface area contributed by atoms with Gasteiger partial charge in [-0.15, -0.1) is 0 Å². The molecular weight excluding hydrogens is 452 g/mol. The molecule has 2 aliphatic rings. The largest absolute Gasteiger partial charge is 0.481 e. The van der Waals surface area contributed by atoms with E-state index in [1.54, 1.807) is 0 Å². The second kappa shape index (κ2) is 13.2. The van der Waals surface area contributed by atoms with Gasteiger partial charge in [-0.1, -0.05) is 32.9 Å². The Morgan fingerprint density at radius 1 is 1.12 bits per heavy atom. The van der Waals surface area contributed by atoms with Gasteiger partial charge in [-0.25, -0.2) is 0 Å². The summed E-state index contributed by atoms with van der Waals surface area (Å²) in [5, 5.41) is 8.93. The summed E-state index contributed by atoms with van der Waals surface area (Å²) in [6.07, 6.45) is 9.53. The lowest BCUT2D eigenvalue weighted by Gasteiger charge is -2.38. The van der Waals surface area contributed by atoms with E-state index in [1.165, 1.54) is 6.92 Å². The zero-order valence-corrected chi connectivity index (χ0v) is 23.0. The highest BCUT2D eigenvalue weighted by molar-refractivity contribution is 6.74. The molecule has 0 spiro atoms. The van der Waals surface area contributed by atoms with Gasteiger partial charge in [-0.2, -0.15) is 0 Å². The van der Waals surface area contributed by atoms with E-state index in [1.807, 2.05) is 6.08 Å². The summed E-state index contributed by atoms with van der Waals surface area (Å²) in [4.78, 5) is 22.6.